The van der Waals surface area contributed by atoms with Gasteiger partial charge in [-0.05, 0) is 42.2 Å². The van der Waals surface area contributed by atoms with Gasteiger partial charge in [-0.2, -0.15) is 0 Å². The molecule has 144 valence electrons. The number of thioether (sulfide) groups is 1. The maximum Gasteiger partial charge on any atom is 0.270 e. The predicted molar refractivity (Wildman–Crippen MR) is 97.8 cm³/mol. The Morgan fingerprint density at radius 1 is 1.30 bits per heavy atom. The molecule has 1 atom stereocenters. The first-order valence-corrected chi connectivity index (χ1v) is 10.2. The van der Waals surface area contributed by atoms with E-state index in [1.54, 1.807) is 16.9 Å². The van der Waals surface area contributed by atoms with Gasteiger partial charge in [0.1, 0.15) is 5.69 Å². The highest BCUT2D eigenvalue weighted by Crippen LogP contribution is 2.20. The van der Waals surface area contributed by atoms with Gasteiger partial charge in [-0.3, -0.25) is 9.59 Å². The molecule has 2 saturated heterocycles. The van der Waals surface area contributed by atoms with E-state index in [2.05, 4.69) is 20.5 Å². The van der Waals surface area contributed by atoms with E-state index in [-0.39, 0.29) is 23.5 Å². The van der Waals surface area contributed by atoms with Gasteiger partial charge >= 0.3 is 0 Å². The summed E-state index contributed by atoms with van der Waals surface area (Å²) in [6.45, 7) is 2.94. The van der Waals surface area contributed by atoms with Crippen molar-refractivity contribution in [1.29, 1.82) is 0 Å². The number of hydrogen-bond acceptors (Lipinski definition) is 7. The van der Waals surface area contributed by atoms with Gasteiger partial charge in [-0.1, -0.05) is 11.8 Å². The maximum absolute atomic E-state index is 12.5. The van der Waals surface area contributed by atoms with Crippen LogP contribution >= 0.6 is 11.8 Å². The minimum absolute atomic E-state index is 0.0419. The zero-order chi connectivity index (χ0) is 18.6. The lowest BCUT2D eigenvalue weighted by molar-refractivity contribution is 0.0787. The molecule has 0 unspecified atom stereocenters. The van der Waals surface area contributed by atoms with Gasteiger partial charge in [-0.15, -0.1) is 5.10 Å². The van der Waals surface area contributed by atoms with Crippen LogP contribution in [0.3, 0.4) is 0 Å². The summed E-state index contributed by atoms with van der Waals surface area (Å²) in [7, 11) is 0. The van der Waals surface area contributed by atoms with Crippen molar-refractivity contribution in [1.82, 2.24) is 30.1 Å². The van der Waals surface area contributed by atoms with E-state index in [1.165, 1.54) is 11.8 Å². The van der Waals surface area contributed by atoms with Crippen molar-refractivity contribution in [3.8, 4) is 0 Å². The number of ether oxygens (including phenoxy) is 1. The van der Waals surface area contributed by atoms with E-state index in [9.17, 15) is 9.59 Å². The van der Waals surface area contributed by atoms with Crippen molar-refractivity contribution in [3.05, 3.63) is 23.5 Å². The summed E-state index contributed by atoms with van der Waals surface area (Å²) < 4.78 is 7.30. The van der Waals surface area contributed by atoms with Crippen molar-refractivity contribution in [2.24, 2.45) is 0 Å². The van der Waals surface area contributed by atoms with Crippen molar-refractivity contribution in [2.45, 2.75) is 43.5 Å². The van der Waals surface area contributed by atoms with Crippen molar-refractivity contribution >= 4 is 23.5 Å². The molecule has 0 aliphatic carbocycles. The first kappa shape index (κ1) is 18.2. The van der Waals surface area contributed by atoms with E-state index in [0.717, 1.165) is 45.4 Å². The summed E-state index contributed by atoms with van der Waals surface area (Å²) >= 11 is 1.30. The summed E-state index contributed by atoms with van der Waals surface area (Å²) in [5, 5.41) is 12.3. The molecule has 2 aromatic heterocycles. The number of Topliss-reactive ketones (excluding diaryl/α,β-unsaturated/α-hetero) is 1. The lowest BCUT2D eigenvalue weighted by atomic mass is 10.2. The fourth-order valence-corrected chi connectivity index (χ4v) is 4.16. The van der Waals surface area contributed by atoms with Crippen LogP contribution in [-0.2, 0) is 11.3 Å². The number of carbonyl (C=O) groups excluding carboxylic acids is 2. The molecule has 0 saturated carbocycles. The molecule has 0 spiro atoms. The van der Waals surface area contributed by atoms with Gasteiger partial charge in [0.05, 0.1) is 18.4 Å². The fraction of sp³-hybridized carbons (Fsp3) is 0.588. The number of hydrogen-bond donors (Lipinski definition) is 1. The molecule has 2 fully saturated rings. The highest BCUT2D eigenvalue weighted by Gasteiger charge is 2.23. The molecule has 0 aromatic carbocycles. The smallest absolute Gasteiger partial charge is 0.270 e. The predicted octanol–water partition coefficient (Wildman–Crippen LogP) is 1.39. The Labute approximate surface area is 160 Å². The molecule has 2 aromatic rings. The highest BCUT2D eigenvalue weighted by atomic mass is 32.2. The minimum Gasteiger partial charge on any atom is -0.376 e. The number of ketones is 1. The third kappa shape index (κ3) is 4.22. The second-order valence-electron chi connectivity index (χ2n) is 6.79. The average molecular weight is 390 g/mol. The number of nitrogens with one attached hydrogen (secondary N) is 1. The molecule has 1 N–H and O–H groups in total. The summed E-state index contributed by atoms with van der Waals surface area (Å²) in [6, 6.07) is 1.64. The van der Waals surface area contributed by atoms with Crippen LogP contribution in [0.4, 0.5) is 0 Å². The van der Waals surface area contributed by atoms with E-state index >= 15 is 0 Å². The van der Waals surface area contributed by atoms with E-state index in [1.807, 2.05) is 4.90 Å². The van der Waals surface area contributed by atoms with Gasteiger partial charge in [-0.25, -0.2) is 4.68 Å². The van der Waals surface area contributed by atoms with Crippen LogP contribution in [0.2, 0.25) is 0 Å². The molecule has 1 amide bonds. The van der Waals surface area contributed by atoms with E-state index < -0.39 is 0 Å². The topological polar surface area (TPSA) is 106 Å². The Balaban J connectivity index is 1.33. The van der Waals surface area contributed by atoms with Crippen LogP contribution in [0.25, 0.3) is 0 Å². The van der Waals surface area contributed by atoms with Crippen molar-refractivity contribution in [2.75, 3.05) is 25.4 Å². The normalized spacial score (nSPS) is 19.7. The number of tetrazole rings is 1. The Morgan fingerprint density at radius 3 is 2.93 bits per heavy atom. The second-order valence-corrected chi connectivity index (χ2v) is 7.73. The van der Waals surface area contributed by atoms with Crippen molar-refractivity contribution in [3.63, 3.8) is 0 Å². The molecule has 4 rings (SSSR count). The lowest BCUT2D eigenvalue weighted by Crippen LogP contribution is -2.27. The van der Waals surface area contributed by atoms with E-state index in [4.69, 9.17) is 4.74 Å². The van der Waals surface area contributed by atoms with Crippen LogP contribution in [0.15, 0.2) is 17.4 Å². The Kier molecular flexibility index (Phi) is 5.53. The third-order valence-corrected chi connectivity index (χ3v) is 5.82. The molecule has 10 heteroatoms. The van der Waals surface area contributed by atoms with Gasteiger partial charge in [0.2, 0.25) is 5.16 Å². The quantitative estimate of drug-likeness (QED) is 0.562. The Hall–Kier alpha value is -2.20. The SMILES string of the molecule is O=C(CSc1nnnn1C[C@@H]1CCCO1)c1c[nH]c(C(=O)N2CCCC2)c1. The molecule has 27 heavy (non-hydrogen) atoms. The second kappa shape index (κ2) is 8.22. The van der Waals surface area contributed by atoms with Gasteiger partial charge < -0.3 is 14.6 Å². The molecule has 0 bridgehead atoms. The Morgan fingerprint density at radius 2 is 2.15 bits per heavy atom. The number of rotatable bonds is 7. The van der Waals surface area contributed by atoms with Gasteiger partial charge in [0.25, 0.3) is 5.91 Å². The minimum atomic E-state index is -0.0663. The average Bonchev–Trinajstić information content (AvgIpc) is 3.48. The van der Waals surface area contributed by atoms with Crippen molar-refractivity contribution < 1.29 is 14.3 Å². The standard InChI is InChI=1S/C17H22N6O3S/c24-15(12-8-14(18-9-12)16(25)22-5-1-2-6-22)11-27-17-19-20-21-23(17)10-13-4-3-7-26-13/h8-9,13,18H,1-7,10-11H2/t13-/m0/s1. The van der Waals surface area contributed by atoms with Crippen LogP contribution in [0, 0.1) is 0 Å². The summed E-state index contributed by atoms with van der Waals surface area (Å²) in [4.78, 5) is 29.6. The summed E-state index contributed by atoms with van der Waals surface area (Å²) in [5.74, 6) is 0.101. The summed E-state index contributed by atoms with van der Waals surface area (Å²) in [5.41, 5.74) is 0.969. The molecule has 2 aliphatic heterocycles. The zero-order valence-electron chi connectivity index (χ0n) is 15.0. The molecule has 2 aliphatic rings. The lowest BCUT2D eigenvalue weighted by Gasteiger charge is -2.13. The first-order valence-electron chi connectivity index (χ1n) is 9.22. The number of aromatic nitrogens is 5. The number of nitrogens with zero attached hydrogens (tertiary/aromatic N) is 5. The number of H-pyrrole nitrogens is 1. The molecule has 0 radical (unpaired) electrons. The largest absolute Gasteiger partial charge is 0.376 e. The van der Waals surface area contributed by atoms with Crippen LogP contribution in [-0.4, -0.2) is 73.3 Å². The van der Waals surface area contributed by atoms with Crippen LogP contribution in [0.5, 0.6) is 0 Å². The highest BCUT2D eigenvalue weighted by molar-refractivity contribution is 7.99. The third-order valence-electron chi connectivity index (χ3n) is 4.86. The fourth-order valence-electron chi connectivity index (χ4n) is 3.38. The Bertz CT molecular complexity index is 807. The molecule has 9 nitrogen and oxygen atoms in total. The number of aromatic amines is 1. The first-order chi connectivity index (χ1) is 13.2. The molecule has 4 heterocycles. The molecular weight excluding hydrogens is 368 g/mol. The number of amides is 1. The maximum atomic E-state index is 12.5. The monoisotopic (exact) mass is 390 g/mol. The van der Waals surface area contributed by atoms with Crippen LogP contribution in [0.1, 0.15) is 46.5 Å². The molecular formula is C17H22N6O3S. The van der Waals surface area contributed by atoms with E-state index in [0.29, 0.717) is 23.0 Å². The number of likely N-dealkylation sites (tertiary alicyclic amines) is 1. The van der Waals surface area contributed by atoms with Crippen LogP contribution < -0.4 is 0 Å². The number of carbonyl (C=O) groups is 2. The van der Waals surface area contributed by atoms with Gasteiger partial charge in [0.15, 0.2) is 5.78 Å². The summed E-state index contributed by atoms with van der Waals surface area (Å²) in [6.07, 6.45) is 5.86. The van der Waals surface area contributed by atoms with Gasteiger partial charge in [0, 0.05) is 31.5 Å². The zero-order valence-corrected chi connectivity index (χ0v) is 15.8.